The van der Waals surface area contributed by atoms with Crippen molar-refractivity contribution in [1.82, 2.24) is 15.2 Å². The Morgan fingerprint density at radius 1 is 1.39 bits per heavy atom. The van der Waals surface area contributed by atoms with E-state index in [-0.39, 0.29) is 0 Å². The SMILES string of the molecule is CN1CCCC(NCc2cccc3[nH]ccc23)C1. The van der Waals surface area contributed by atoms with Gasteiger partial charge in [-0.05, 0) is 44.1 Å². The average molecular weight is 243 g/mol. The molecule has 1 aromatic heterocycles. The van der Waals surface area contributed by atoms with Crippen molar-refractivity contribution in [1.29, 1.82) is 0 Å². The van der Waals surface area contributed by atoms with Gasteiger partial charge in [0.2, 0.25) is 0 Å². The van der Waals surface area contributed by atoms with Crippen LogP contribution in [0.4, 0.5) is 0 Å². The second-order valence-electron chi connectivity index (χ2n) is 5.34. The number of rotatable bonds is 3. The second-order valence-corrected chi connectivity index (χ2v) is 5.34. The summed E-state index contributed by atoms with van der Waals surface area (Å²) < 4.78 is 0. The monoisotopic (exact) mass is 243 g/mol. The van der Waals surface area contributed by atoms with Crippen molar-refractivity contribution < 1.29 is 0 Å². The van der Waals surface area contributed by atoms with Crippen molar-refractivity contribution in [2.75, 3.05) is 20.1 Å². The number of likely N-dealkylation sites (tertiary alicyclic amines) is 1. The Bertz CT molecular complexity index is 517. The van der Waals surface area contributed by atoms with Gasteiger partial charge in [0.15, 0.2) is 0 Å². The fourth-order valence-electron chi connectivity index (χ4n) is 2.89. The molecule has 1 unspecified atom stereocenters. The standard InChI is InChI=1S/C15H21N3/c1-18-9-3-5-13(11-18)17-10-12-4-2-6-15-14(12)7-8-16-15/h2,4,6-8,13,16-17H,3,5,9-11H2,1H3. The quantitative estimate of drug-likeness (QED) is 0.867. The van der Waals surface area contributed by atoms with Crippen LogP contribution in [0.15, 0.2) is 30.5 Å². The minimum atomic E-state index is 0.637. The highest BCUT2D eigenvalue weighted by Gasteiger charge is 2.16. The van der Waals surface area contributed by atoms with E-state index >= 15 is 0 Å². The lowest BCUT2D eigenvalue weighted by Crippen LogP contribution is -2.43. The highest BCUT2D eigenvalue weighted by Crippen LogP contribution is 2.18. The van der Waals surface area contributed by atoms with E-state index in [4.69, 9.17) is 0 Å². The zero-order valence-electron chi connectivity index (χ0n) is 10.9. The summed E-state index contributed by atoms with van der Waals surface area (Å²) in [6.07, 6.45) is 4.62. The van der Waals surface area contributed by atoms with Crippen molar-refractivity contribution in [2.45, 2.75) is 25.4 Å². The van der Waals surface area contributed by atoms with Gasteiger partial charge in [0.25, 0.3) is 0 Å². The van der Waals surface area contributed by atoms with Crippen molar-refractivity contribution in [2.24, 2.45) is 0 Å². The summed E-state index contributed by atoms with van der Waals surface area (Å²) >= 11 is 0. The Labute approximate surface area is 108 Å². The summed E-state index contributed by atoms with van der Waals surface area (Å²) in [5, 5.41) is 5.04. The number of aromatic amines is 1. The number of nitrogens with zero attached hydrogens (tertiary/aromatic N) is 1. The van der Waals surface area contributed by atoms with Crippen LogP contribution < -0.4 is 5.32 Å². The lowest BCUT2D eigenvalue weighted by molar-refractivity contribution is 0.226. The van der Waals surface area contributed by atoms with Gasteiger partial charge >= 0.3 is 0 Å². The van der Waals surface area contributed by atoms with Crippen LogP contribution >= 0.6 is 0 Å². The molecule has 1 aliphatic heterocycles. The Hall–Kier alpha value is -1.32. The van der Waals surface area contributed by atoms with Crippen molar-refractivity contribution in [3.63, 3.8) is 0 Å². The maximum absolute atomic E-state index is 3.69. The molecule has 0 amide bonds. The molecule has 1 fully saturated rings. The maximum Gasteiger partial charge on any atom is 0.0457 e. The van der Waals surface area contributed by atoms with E-state index in [0.717, 1.165) is 6.54 Å². The van der Waals surface area contributed by atoms with Crippen LogP contribution in [0.2, 0.25) is 0 Å². The number of benzene rings is 1. The molecule has 0 spiro atoms. The molecule has 3 heteroatoms. The fourth-order valence-corrected chi connectivity index (χ4v) is 2.89. The summed E-state index contributed by atoms with van der Waals surface area (Å²) in [7, 11) is 2.21. The van der Waals surface area contributed by atoms with E-state index in [9.17, 15) is 0 Å². The number of piperidine rings is 1. The molecule has 1 aliphatic rings. The molecule has 3 nitrogen and oxygen atoms in total. The van der Waals surface area contributed by atoms with Crippen LogP contribution in [0.3, 0.4) is 0 Å². The highest BCUT2D eigenvalue weighted by atomic mass is 15.1. The molecule has 3 rings (SSSR count). The number of fused-ring (bicyclic) bond motifs is 1. The zero-order chi connectivity index (χ0) is 12.4. The lowest BCUT2D eigenvalue weighted by atomic mass is 10.1. The Morgan fingerprint density at radius 3 is 3.22 bits per heavy atom. The van der Waals surface area contributed by atoms with Gasteiger partial charge < -0.3 is 15.2 Å². The van der Waals surface area contributed by atoms with Crippen LogP contribution in [0.5, 0.6) is 0 Å². The van der Waals surface area contributed by atoms with Crippen molar-refractivity contribution in [3.05, 3.63) is 36.0 Å². The number of H-pyrrole nitrogens is 1. The van der Waals surface area contributed by atoms with E-state index in [1.165, 1.54) is 42.4 Å². The normalized spacial score (nSPS) is 21.5. The van der Waals surface area contributed by atoms with Crippen molar-refractivity contribution >= 4 is 10.9 Å². The molecule has 0 radical (unpaired) electrons. The van der Waals surface area contributed by atoms with Gasteiger partial charge in [-0.15, -0.1) is 0 Å². The number of hydrogen-bond donors (Lipinski definition) is 2. The first kappa shape index (κ1) is 11.8. The lowest BCUT2D eigenvalue weighted by Gasteiger charge is -2.30. The third kappa shape index (κ3) is 2.42. The minimum absolute atomic E-state index is 0.637. The summed E-state index contributed by atoms with van der Waals surface area (Å²) in [5.41, 5.74) is 2.62. The molecule has 1 aromatic carbocycles. The summed E-state index contributed by atoms with van der Waals surface area (Å²) in [6, 6.07) is 9.28. The zero-order valence-corrected chi connectivity index (χ0v) is 10.9. The average Bonchev–Trinajstić information content (AvgIpc) is 2.85. The molecule has 2 heterocycles. The largest absolute Gasteiger partial charge is 0.361 e. The molecule has 0 saturated carbocycles. The predicted molar refractivity (Wildman–Crippen MR) is 75.7 cm³/mol. The van der Waals surface area contributed by atoms with E-state index < -0.39 is 0 Å². The molecule has 2 aromatic rings. The van der Waals surface area contributed by atoms with Crippen LogP contribution in [-0.4, -0.2) is 36.1 Å². The van der Waals surface area contributed by atoms with Gasteiger partial charge in [0.1, 0.15) is 0 Å². The molecule has 0 bridgehead atoms. The number of nitrogens with one attached hydrogen (secondary N) is 2. The summed E-state index contributed by atoms with van der Waals surface area (Å²) in [5.74, 6) is 0. The number of hydrogen-bond acceptors (Lipinski definition) is 2. The predicted octanol–water partition coefficient (Wildman–Crippen LogP) is 2.35. The Kier molecular flexibility index (Phi) is 3.35. The van der Waals surface area contributed by atoms with Gasteiger partial charge in [0, 0.05) is 36.2 Å². The highest BCUT2D eigenvalue weighted by molar-refractivity contribution is 5.82. The molecular formula is C15H21N3. The smallest absolute Gasteiger partial charge is 0.0457 e. The summed E-state index contributed by atoms with van der Waals surface area (Å²) in [6.45, 7) is 3.38. The topological polar surface area (TPSA) is 31.1 Å². The first-order valence-corrected chi connectivity index (χ1v) is 6.80. The van der Waals surface area contributed by atoms with Gasteiger partial charge in [-0.2, -0.15) is 0 Å². The molecule has 2 N–H and O–H groups in total. The van der Waals surface area contributed by atoms with Crippen LogP contribution in [-0.2, 0) is 6.54 Å². The van der Waals surface area contributed by atoms with Gasteiger partial charge in [-0.3, -0.25) is 0 Å². The van der Waals surface area contributed by atoms with Gasteiger partial charge in [-0.1, -0.05) is 12.1 Å². The minimum Gasteiger partial charge on any atom is -0.361 e. The molecule has 96 valence electrons. The molecular weight excluding hydrogens is 222 g/mol. The third-order valence-corrected chi connectivity index (χ3v) is 3.89. The molecule has 1 atom stereocenters. The van der Waals surface area contributed by atoms with E-state index in [2.05, 4.69) is 46.5 Å². The summed E-state index contributed by atoms with van der Waals surface area (Å²) in [4.78, 5) is 5.68. The first-order chi connectivity index (χ1) is 8.83. The fraction of sp³-hybridized carbons (Fsp3) is 0.467. The molecule has 1 saturated heterocycles. The third-order valence-electron chi connectivity index (χ3n) is 3.89. The molecule has 0 aliphatic carbocycles. The van der Waals surface area contributed by atoms with E-state index in [0.29, 0.717) is 6.04 Å². The molecule has 18 heavy (non-hydrogen) atoms. The van der Waals surface area contributed by atoms with Crippen LogP contribution in [0.1, 0.15) is 18.4 Å². The maximum atomic E-state index is 3.69. The Morgan fingerprint density at radius 2 is 2.33 bits per heavy atom. The van der Waals surface area contributed by atoms with Gasteiger partial charge in [0.05, 0.1) is 0 Å². The second kappa shape index (κ2) is 5.12. The number of likely N-dealkylation sites (N-methyl/N-ethyl adjacent to an activating group) is 1. The number of aromatic nitrogens is 1. The Balaban J connectivity index is 1.67. The van der Waals surface area contributed by atoms with Crippen LogP contribution in [0.25, 0.3) is 10.9 Å². The van der Waals surface area contributed by atoms with Crippen LogP contribution in [0, 0.1) is 0 Å². The van der Waals surface area contributed by atoms with E-state index in [1.54, 1.807) is 0 Å². The van der Waals surface area contributed by atoms with Gasteiger partial charge in [-0.25, -0.2) is 0 Å². The first-order valence-electron chi connectivity index (χ1n) is 6.80. The van der Waals surface area contributed by atoms with Crippen molar-refractivity contribution in [3.8, 4) is 0 Å². The van der Waals surface area contributed by atoms with E-state index in [1.807, 2.05) is 6.20 Å².